The van der Waals surface area contributed by atoms with Crippen LogP contribution in [0.25, 0.3) is 0 Å². The van der Waals surface area contributed by atoms with Gasteiger partial charge in [0, 0.05) is 6.42 Å². The van der Waals surface area contributed by atoms with Crippen LogP contribution in [0.5, 0.6) is 0 Å². The van der Waals surface area contributed by atoms with E-state index >= 15 is 0 Å². The number of aliphatic hydroxyl groups excluding tert-OH is 1. The number of aliphatic carboxylic acids is 1. The SMILES string of the molecule is CC(CCC(=O)O)C1CCC2C3CCC4CCCCC4(C)C3CC(O)C12C. The Kier molecular flexibility index (Phi) is 5.15. The summed E-state index contributed by atoms with van der Waals surface area (Å²) in [6.07, 6.45) is 12.6. The number of carboxylic acid groups (broad SMARTS) is 1. The van der Waals surface area contributed by atoms with Crippen LogP contribution in [0.3, 0.4) is 0 Å². The molecule has 3 heteroatoms. The molecule has 4 fully saturated rings. The predicted molar refractivity (Wildman–Crippen MR) is 107 cm³/mol. The van der Waals surface area contributed by atoms with Crippen molar-refractivity contribution in [1.29, 1.82) is 0 Å². The maximum atomic E-state index is 11.5. The molecule has 0 aromatic heterocycles. The molecule has 27 heavy (non-hydrogen) atoms. The first-order valence-electron chi connectivity index (χ1n) is 11.7. The smallest absolute Gasteiger partial charge is 0.303 e. The lowest BCUT2D eigenvalue weighted by Gasteiger charge is -2.62. The molecular formula is C24H40O3. The fourth-order valence-electron chi connectivity index (χ4n) is 8.77. The number of aliphatic hydroxyl groups is 1. The Bertz CT molecular complexity index is 574. The number of hydrogen-bond acceptors (Lipinski definition) is 2. The lowest BCUT2D eigenvalue weighted by Crippen LogP contribution is -2.58. The van der Waals surface area contributed by atoms with Crippen LogP contribution < -0.4 is 0 Å². The minimum absolute atomic E-state index is 0.00303. The van der Waals surface area contributed by atoms with Crippen molar-refractivity contribution in [1.82, 2.24) is 0 Å². The Morgan fingerprint density at radius 3 is 2.59 bits per heavy atom. The quantitative estimate of drug-likeness (QED) is 0.680. The van der Waals surface area contributed by atoms with Gasteiger partial charge < -0.3 is 10.2 Å². The van der Waals surface area contributed by atoms with Crippen LogP contribution in [-0.4, -0.2) is 22.3 Å². The summed E-state index contributed by atoms with van der Waals surface area (Å²) in [7, 11) is 0. The van der Waals surface area contributed by atoms with Crippen LogP contribution in [0, 0.1) is 46.3 Å². The molecule has 0 aliphatic heterocycles. The van der Waals surface area contributed by atoms with Gasteiger partial charge in [-0.2, -0.15) is 0 Å². The molecule has 0 saturated heterocycles. The third-order valence-electron chi connectivity index (χ3n) is 10.3. The topological polar surface area (TPSA) is 57.5 Å². The second-order valence-corrected chi connectivity index (χ2v) is 11.1. The summed E-state index contributed by atoms with van der Waals surface area (Å²) in [6.45, 7) is 7.16. The first-order valence-corrected chi connectivity index (χ1v) is 11.7. The van der Waals surface area contributed by atoms with Crippen LogP contribution >= 0.6 is 0 Å². The highest BCUT2D eigenvalue weighted by Gasteiger charge is 2.63. The van der Waals surface area contributed by atoms with Crippen LogP contribution in [0.2, 0.25) is 0 Å². The van der Waals surface area contributed by atoms with E-state index in [0.29, 0.717) is 29.1 Å². The molecule has 4 aliphatic carbocycles. The maximum absolute atomic E-state index is 11.5. The third kappa shape index (κ3) is 2.98. The van der Waals surface area contributed by atoms with Crippen molar-refractivity contribution in [2.24, 2.45) is 46.3 Å². The molecule has 4 saturated carbocycles. The van der Waals surface area contributed by atoms with Crippen molar-refractivity contribution >= 4 is 5.97 Å². The van der Waals surface area contributed by atoms with E-state index in [2.05, 4.69) is 20.8 Å². The van der Waals surface area contributed by atoms with E-state index in [0.717, 1.165) is 24.7 Å². The van der Waals surface area contributed by atoms with Crippen LogP contribution in [0.1, 0.15) is 91.4 Å². The Balaban J connectivity index is 1.57. The molecule has 2 N–H and O–H groups in total. The molecule has 0 spiro atoms. The Morgan fingerprint density at radius 1 is 1.07 bits per heavy atom. The summed E-state index contributed by atoms with van der Waals surface area (Å²) in [5.41, 5.74) is 0.452. The molecule has 4 rings (SSSR count). The zero-order valence-electron chi connectivity index (χ0n) is 17.6. The van der Waals surface area contributed by atoms with Gasteiger partial charge in [0.15, 0.2) is 0 Å². The van der Waals surface area contributed by atoms with E-state index < -0.39 is 5.97 Å². The van der Waals surface area contributed by atoms with Gasteiger partial charge in [0.25, 0.3) is 0 Å². The maximum Gasteiger partial charge on any atom is 0.303 e. The van der Waals surface area contributed by atoms with Crippen molar-refractivity contribution in [3.05, 3.63) is 0 Å². The minimum Gasteiger partial charge on any atom is -0.481 e. The van der Waals surface area contributed by atoms with E-state index in [1.54, 1.807) is 0 Å². The lowest BCUT2D eigenvalue weighted by molar-refractivity contribution is -0.168. The third-order valence-corrected chi connectivity index (χ3v) is 10.3. The fourth-order valence-corrected chi connectivity index (χ4v) is 8.77. The summed E-state index contributed by atoms with van der Waals surface area (Å²) in [5.74, 6) is 3.21. The molecule has 0 aromatic rings. The summed E-state index contributed by atoms with van der Waals surface area (Å²) in [6, 6.07) is 0. The summed E-state index contributed by atoms with van der Waals surface area (Å²) in [5, 5.41) is 20.6. The van der Waals surface area contributed by atoms with Gasteiger partial charge in [-0.05, 0) is 97.7 Å². The van der Waals surface area contributed by atoms with E-state index in [9.17, 15) is 9.90 Å². The normalized spacial score (nSPS) is 50.4. The summed E-state index contributed by atoms with van der Waals surface area (Å²) < 4.78 is 0. The number of fused-ring (bicyclic) bond motifs is 5. The van der Waals surface area contributed by atoms with Gasteiger partial charge in [-0.15, -0.1) is 0 Å². The molecule has 154 valence electrons. The van der Waals surface area contributed by atoms with Crippen molar-refractivity contribution in [2.45, 2.75) is 97.5 Å². The molecule has 0 bridgehead atoms. The Hall–Kier alpha value is -0.570. The second kappa shape index (κ2) is 7.04. The molecule has 9 atom stereocenters. The molecule has 4 aliphatic rings. The van der Waals surface area contributed by atoms with Gasteiger partial charge in [-0.3, -0.25) is 4.79 Å². The van der Waals surface area contributed by atoms with E-state index in [-0.39, 0.29) is 17.9 Å². The predicted octanol–water partition coefficient (Wildman–Crippen LogP) is 5.51. The largest absolute Gasteiger partial charge is 0.481 e. The lowest BCUT2D eigenvalue weighted by atomic mass is 9.44. The van der Waals surface area contributed by atoms with Crippen LogP contribution in [0.4, 0.5) is 0 Å². The average molecular weight is 377 g/mol. The van der Waals surface area contributed by atoms with Crippen molar-refractivity contribution < 1.29 is 15.0 Å². The van der Waals surface area contributed by atoms with Gasteiger partial charge in [0.1, 0.15) is 0 Å². The van der Waals surface area contributed by atoms with E-state index in [1.807, 2.05) is 0 Å². The number of rotatable bonds is 4. The highest BCUT2D eigenvalue weighted by Crippen LogP contribution is 2.68. The molecule has 9 unspecified atom stereocenters. The molecular weight excluding hydrogens is 336 g/mol. The highest BCUT2D eigenvalue weighted by atomic mass is 16.4. The highest BCUT2D eigenvalue weighted by molar-refractivity contribution is 5.66. The van der Waals surface area contributed by atoms with Crippen molar-refractivity contribution in [2.75, 3.05) is 0 Å². The monoisotopic (exact) mass is 376 g/mol. The first kappa shape index (κ1) is 19.7. The summed E-state index contributed by atoms with van der Waals surface area (Å²) in [4.78, 5) is 11.1. The Labute approximate surface area is 165 Å². The van der Waals surface area contributed by atoms with Crippen LogP contribution in [0.15, 0.2) is 0 Å². The molecule has 0 heterocycles. The van der Waals surface area contributed by atoms with E-state index in [1.165, 1.54) is 51.4 Å². The van der Waals surface area contributed by atoms with Crippen molar-refractivity contribution in [3.63, 3.8) is 0 Å². The average Bonchev–Trinajstić information content (AvgIpc) is 2.99. The second-order valence-electron chi connectivity index (χ2n) is 11.1. The van der Waals surface area contributed by atoms with Gasteiger partial charge in [-0.1, -0.05) is 33.6 Å². The minimum atomic E-state index is -0.686. The molecule has 0 aromatic carbocycles. The zero-order chi connectivity index (χ0) is 19.4. The number of carboxylic acids is 1. The summed E-state index contributed by atoms with van der Waals surface area (Å²) >= 11 is 0. The first-order chi connectivity index (χ1) is 12.8. The Morgan fingerprint density at radius 2 is 1.85 bits per heavy atom. The van der Waals surface area contributed by atoms with E-state index in [4.69, 9.17) is 5.11 Å². The van der Waals surface area contributed by atoms with Gasteiger partial charge in [0.2, 0.25) is 0 Å². The fraction of sp³-hybridized carbons (Fsp3) is 0.958. The molecule has 0 radical (unpaired) electrons. The number of carbonyl (C=O) groups is 1. The van der Waals surface area contributed by atoms with Gasteiger partial charge in [0.05, 0.1) is 6.10 Å². The van der Waals surface area contributed by atoms with Gasteiger partial charge in [-0.25, -0.2) is 0 Å². The molecule has 0 amide bonds. The van der Waals surface area contributed by atoms with Gasteiger partial charge >= 0.3 is 5.97 Å². The standard InChI is InChI=1S/C24H40O3/c1-15(7-12-22(26)27)18-10-11-19-17-9-8-16-6-4-5-13-23(16,2)20(17)14-21(25)24(18,19)3/h15-21,25H,4-14H2,1-3H3,(H,26,27). The number of hydrogen-bond donors (Lipinski definition) is 2. The zero-order valence-corrected chi connectivity index (χ0v) is 17.6. The van der Waals surface area contributed by atoms with Crippen molar-refractivity contribution in [3.8, 4) is 0 Å². The molecule has 3 nitrogen and oxygen atoms in total. The van der Waals surface area contributed by atoms with Crippen LogP contribution in [-0.2, 0) is 4.79 Å².